The molecule has 0 unspecified atom stereocenters. The normalized spacial score (nSPS) is 33.5. The Morgan fingerprint density at radius 2 is 1.78 bits per heavy atom. The molecule has 2 saturated heterocycles. The molecule has 2 aliphatic carbocycles. The second-order valence-corrected chi connectivity index (χ2v) is 12.8. The molecule has 2 aliphatic heterocycles. The first-order chi connectivity index (χ1) is 18.0. The third-order valence-electron chi connectivity index (χ3n) is 10.2. The molecule has 6 heteroatoms. The highest BCUT2D eigenvalue weighted by atomic mass is 16.4. The van der Waals surface area contributed by atoms with Gasteiger partial charge in [-0.05, 0) is 88.8 Å². The number of piperidine rings is 2. The Balaban J connectivity index is 1.22. The summed E-state index contributed by atoms with van der Waals surface area (Å²) >= 11 is 0. The van der Waals surface area contributed by atoms with Crippen molar-refractivity contribution in [1.82, 2.24) is 19.4 Å². The van der Waals surface area contributed by atoms with Crippen molar-refractivity contribution in [3.8, 4) is 0 Å². The number of aliphatic carboxylic acids is 1. The van der Waals surface area contributed by atoms with Crippen LogP contribution in [0.15, 0.2) is 24.3 Å². The van der Waals surface area contributed by atoms with Gasteiger partial charge < -0.3 is 9.67 Å². The van der Waals surface area contributed by atoms with Crippen LogP contribution in [0.5, 0.6) is 0 Å². The summed E-state index contributed by atoms with van der Waals surface area (Å²) in [5.74, 6) is 2.69. The predicted molar refractivity (Wildman–Crippen MR) is 148 cm³/mol. The first kappa shape index (κ1) is 25.4. The summed E-state index contributed by atoms with van der Waals surface area (Å²) in [6.07, 6.45) is 16.1. The molecule has 0 amide bonds. The standard InChI is InChI=1S/C31H46N4O2/c1-22-7-4-11-26(35(22)27-18-23-8-5-9-24(17-23)19-27)14-16-34-29-13-3-2-12-28(29)32-31(34)25-10-6-15-33(20-25)21-30(36)37/h2-3,12-13,22-27H,4-11,14-21H2,1H3,(H,36,37)/t22-,23-,24+,25+,26-,27+/m1/s1. The molecule has 6 rings (SSSR count). The van der Waals surface area contributed by atoms with E-state index < -0.39 is 5.97 Å². The van der Waals surface area contributed by atoms with Crippen LogP contribution in [-0.4, -0.2) is 68.2 Å². The van der Waals surface area contributed by atoms with Crippen molar-refractivity contribution in [3.05, 3.63) is 30.1 Å². The SMILES string of the molecule is C[C@@H]1CCC[C@H](CCn2c([C@H]3CCCN(CC(=O)O)C3)nc3ccccc32)N1[C@H]1C[C@@H]2CCC[C@@H](C2)C1. The molecule has 2 saturated carbocycles. The van der Waals surface area contributed by atoms with Crippen LogP contribution >= 0.6 is 0 Å². The van der Waals surface area contributed by atoms with E-state index in [4.69, 9.17) is 4.98 Å². The Hall–Kier alpha value is -1.92. The fraction of sp³-hybridized carbons (Fsp3) is 0.742. The monoisotopic (exact) mass is 506 g/mol. The molecule has 2 aromatic rings. The molecule has 1 N–H and O–H groups in total. The van der Waals surface area contributed by atoms with Gasteiger partial charge in [-0.25, -0.2) is 4.98 Å². The molecule has 202 valence electrons. The van der Waals surface area contributed by atoms with Gasteiger partial charge in [0, 0.05) is 37.1 Å². The van der Waals surface area contributed by atoms with E-state index in [1.165, 1.54) is 75.5 Å². The number of hydrogen-bond acceptors (Lipinski definition) is 4. The average molecular weight is 507 g/mol. The molecule has 0 spiro atoms. The molecule has 37 heavy (non-hydrogen) atoms. The van der Waals surface area contributed by atoms with Crippen molar-refractivity contribution >= 4 is 17.0 Å². The van der Waals surface area contributed by atoms with Gasteiger partial charge in [0.1, 0.15) is 5.82 Å². The van der Waals surface area contributed by atoms with Crippen molar-refractivity contribution in [1.29, 1.82) is 0 Å². The number of para-hydroxylation sites is 2. The highest BCUT2D eigenvalue weighted by molar-refractivity contribution is 5.76. The fourth-order valence-electron chi connectivity index (χ4n) is 8.72. The van der Waals surface area contributed by atoms with E-state index in [0.29, 0.717) is 18.0 Å². The number of benzene rings is 1. The van der Waals surface area contributed by atoms with E-state index >= 15 is 0 Å². The average Bonchev–Trinajstić information content (AvgIpc) is 3.25. The van der Waals surface area contributed by atoms with Gasteiger partial charge in [0.05, 0.1) is 17.6 Å². The molecule has 4 fully saturated rings. The Kier molecular flexibility index (Phi) is 7.58. The lowest BCUT2D eigenvalue weighted by atomic mass is 9.69. The smallest absolute Gasteiger partial charge is 0.317 e. The minimum atomic E-state index is -0.729. The highest BCUT2D eigenvalue weighted by Crippen LogP contribution is 2.44. The van der Waals surface area contributed by atoms with Gasteiger partial charge in [-0.3, -0.25) is 14.6 Å². The maximum absolute atomic E-state index is 11.4. The third-order valence-corrected chi connectivity index (χ3v) is 10.2. The Morgan fingerprint density at radius 3 is 2.59 bits per heavy atom. The second-order valence-electron chi connectivity index (χ2n) is 12.8. The van der Waals surface area contributed by atoms with Crippen LogP contribution in [0.2, 0.25) is 0 Å². The van der Waals surface area contributed by atoms with Crippen LogP contribution < -0.4 is 0 Å². The zero-order valence-electron chi connectivity index (χ0n) is 22.7. The molecule has 4 aliphatic rings. The molecule has 1 aromatic carbocycles. The third kappa shape index (κ3) is 5.47. The minimum absolute atomic E-state index is 0.134. The van der Waals surface area contributed by atoms with E-state index in [9.17, 15) is 9.90 Å². The van der Waals surface area contributed by atoms with Crippen LogP contribution in [0.3, 0.4) is 0 Å². The second kappa shape index (κ2) is 11.1. The zero-order valence-corrected chi connectivity index (χ0v) is 22.7. The van der Waals surface area contributed by atoms with Crippen LogP contribution in [0, 0.1) is 11.8 Å². The number of aromatic nitrogens is 2. The van der Waals surface area contributed by atoms with Gasteiger partial charge in [0.2, 0.25) is 0 Å². The molecular formula is C31H46N4O2. The molecule has 0 radical (unpaired) electrons. The van der Waals surface area contributed by atoms with Gasteiger partial charge in [0.25, 0.3) is 0 Å². The lowest BCUT2D eigenvalue weighted by Gasteiger charge is -2.51. The van der Waals surface area contributed by atoms with Gasteiger partial charge in [0.15, 0.2) is 0 Å². The maximum atomic E-state index is 11.4. The molecule has 2 bridgehead atoms. The van der Waals surface area contributed by atoms with Crippen molar-refractivity contribution in [2.75, 3.05) is 19.6 Å². The van der Waals surface area contributed by atoms with Crippen molar-refractivity contribution in [2.24, 2.45) is 11.8 Å². The first-order valence-corrected chi connectivity index (χ1v) is 15.2. The van der Waals surface area contributed by atoms with E-state index in [1.54, 1.807) is 0 Å². The van der Waals surface area contributed by atoms with Crippen LogP contribution in [-0.2, 0) is 11.3 Å². The van der Waals surface area contributed by atoms with Gasteiger partial charge in [-0.15, -0.1) is 0 Å². The molecule has 6 atom stereocenters. The summed E-state index contributed by atoms with van der Waals surface area (Å²) in [5, 5.41) is 9.36. The summed E-state index contributed by atoms with van der Waals surface area (Å²) in [5.41, 5.74) is 2.33. The van der Waals surface area contributed by atoms with Crippen molar-refractivity contribution in [2.45, 2.75) is 115 Å². The van der Waals surface area contributed by atoms with Crippen LogP contribution in [0.1, 0.15) is 95.7 Å². The molecule has 6 nitrogen and oxygen atoms in total. The number of carbonyl (C=O) groups is 1. The Morgan fingerprint density at radius 1 is 1.00 bits per heavy atom. The lowest BCUT2D eigenvalue weighted by molar-refractivity contribution is -0.138. The van der Waals surface area contributed by atoms with E-state index in [0.717, 1.165) is 55.9 Å². The number of aryl methyl sites for hydroxylation is 1. The van der Waals surface area contributed by atoms with Gasteiger partial charge >= 0.3 is 5.97 Å². The van der Waals surface area contributed by atoms with Gasteiger partial charge in [-0.2, -0.15) is 0 Å². The summed E-state index contributed by atoms with van der Waals surface area (Å²) in [4.78, 5) is 21.6. The lowest BCUT2D eigenvalue weighted by Crippen LogP contribution is -2.54. The highest BCUT2D eigenvalue weighted by Gasteiger charge is 2.40. The Bertz CT molecular complexity index is 1070. The number of nitrogens with zero attached hydrogens (tertiary/aromatic N) is 4. The fourth-order valence-corrected chi connectivity index (χ4v) is 8.72. The largest absolute Gasteiger partial charge is 0.480 e. The number of likely N-dealkylation sites (tertiary alicyclic amines) is 2. The molecular weight excluding hydrogens is 460 g/mol. The quantitative estimate of drug-likeness (QED) is 0.506. The van der Waals surface area contributed by atoms with E-state index in [1.807, 2.05) is 0 Å². The van der Waals surface area contributed by atoms with Crippen LogP contribution in [0.25, 0.3) is 11.0 Å². The number of carboxylic acid groups (broad SMARTS) is 1. The minimum Gasteiger partial charge on any atom is -0.480 e. The molecule has 3 heterocycles. The number of carboxylic acids is 1. The number of rotatable bonds is 7. The first-order valence-electron chi connectivity index (χ1n) is 15.2. The molecule has 1 aromatic heterocycles. The number of hydrogen-bond donors (Lipinski definition) is 1. The van der Waals surface area contributed by atoms with E-state index in [-0.39, 0.29) is 6.54 Å². The zero-order chi connectivity index (χ0) is 25.4. The van der Waals surface area contributed by atoms with Crippen molar-refractivity contribution < 1.29 is 9.90 Å². The summed E-state index contributed by atoms with van der Waals surface area (Å²) < 4.78 is 2.51. The topological polar surface area (TPSA) is 61.6 Å². The summed E-state index contributed by atoms with van der Waals surface area (Å²) in [7, 11) is 0. The Labute approximate surface area is 222 Å². The van der Waals surface area contributed by atoms with E-state index in [2.05, 4.69) is 45.6 Å². The number of fused-ring (bicyclic) bond motifs is 3. The summed E-state index contributed by atoms with van der Waals surface area (Å²) in [6.45, 7) is 5.32. The van der Waals surface area contributed by atoms with Crippen molar-refractivity contribution in [3.63, 3.8) is 0 Å². The summed E-state index contributed by atoms with van der Waals surface area (Å²) in [6, 6.07) is 10.7. The predicted octanol–water partition coefficient (Wildman–Crippen LogP) is 5.90. The van der Waals surface area contributed by atoms with Crippen LogP contribution in [0.4, 0.5) is 0 Å². The van der Waals surface area contributed by atoms with Gasteiger partial charge in [-0.1, -0.05) is 37.8 Å². The maximum Gasteiger partial charge on any atom is 0.317 e. The number of imidazole rings is 1.